The summed E-state index contributed by atoms with van der Waals surface area (Å²) in [6.07, 6.45) is 0. The Balaban J connectivity index is 2.44. The average Bonchev–Trinajstić information content (AvgIpc) is 2.35. The average molecular weight is 258 g/mol. The molecule has 0 amide bonds. The minimum absolute atomic E-state index is 0.212. The molecule has 0 fully saturated rings. The zero-order valence-electron chi connectivity index (χ0n) is 9.22. The normalized spacial score (nSPS) is 10.9. The Kier molecular flexibility index (Phi) is 2.42. The van der Waals surface area contributed by atoms with E-state index in [4.69, 9.17) is 16.7 Å². The molecule has 1 heterocycles. The van der Waals surface area contributed by atoms with Crippen molar-refractivity contribution in [1.29, 1.82) is 0 Å². The monoisotopic (exact) mass is 257 g/mol. The molecule has 0 bridgehead atoms. The van der Waals surface area contributed by atoms with Gasteiger partial charge in [-0.3, -0.25) is 0 Å². The van der Waals surface area contributed by atoms with Crippen LogP contribution < -0.4 is 0 Å². The van der Waals surface area contributed by atoms with Crippen molar-refractivity contribution in [2.24, 2.45) is 0 Å². The molecular formula is C14H8ClNO2. The highest BCUT2D eigenvalue weighted by atomic mass is 35.5. The van der Waals surface area contributed by atoms with Crippen LogP contribution in [0.3, 0.4) is 0 Å². The van der Waals surface area contributed by atoms with Crippen LogP contribution in [-0.4, -0.2) is 16.1 Å². The minimum Gasteiger partial charge on any atom is -0.478 e. The van der Waals surface area contributed by atoms with Gasteiger partial charge < -0.3 is 5.11 Å². The summed E-state index contributed by atoms with van der Waals surface area (Å²) >= 11 is 5.93. The molecule has 18 heavy (non-hydrogen) atoms. The molecule has 0 aliphatic rings. The first kappa shape index (κ1) is 11.0. The van der Waals surface area contributed by atoms with Gasteiger partial charge in [-0.25, -0.2) is 9.78 Å². The molecule has 0 aliphatic carbocycles. The van der Waals surface area contributed by atoms with Gasteiger partial charge in [-0.05, 0) is 30.3 Å². The molecule has 3 rings (SSSR count). The Morgan fingerprint density at radius 1 is 1.11 bits per heavy atom. The van der Waals surface area contributed by atoms with Gasteiger partial charge in [0.05, 0.1) is 16.6 Å². The van der Waals surface area contributed by atoms with E-state index in [1.54, 1.807) is 24.3 Å². The van der Waals surface area contributed by atoms with Crippen molar-refractivity contribution in [2.45, 2.75) is 0 Å². The lowest BCUT2D eigenvalue weighted by Crippen LogP contribution is -1.98. The zero-order chi connectivity index (χ0) is 12.7. The van der Waals surface area contributed by atoms with E-state index < -0.39 is 5.97 Å². The van der Waals surface area contributed by atoms with Crippen LogP contribution >= 0.6 is 11.6 Å². The second kappa shape index (κ2) is 3.96. The standard InChI is InChI=1S/C14H8ClNO2/c15-10-4-5-12-9(7-10)6-8-2-1-3-11(14(17)18)13(8)16-12/h1-7H,(H,17,18). The Morgan fingerprint density at radius 3 is 2.72 bits per heavy atom. The van der Waals surface area contributed by atoms with Gasteiger partial charge in [0.25, 0.3) is 0 Å². The van der Waals surface area contributed by atoms with Crippen molar-refractivity contribution in [3.63, 3.8) is 0 Å². The number of fused-ring (bicyclic) bond motifs is 2. The summed E-state index contributed by atoms with van der Waals surface area (Å²) in [5.74, 6) is -0.971. The van der Waals surface area contributed by atoms with E-state index in [0.29, 0.717) is 10.5 Å². The zero-order valence-corrected chi connectivity index (χ0v) is 9.98. The van der Waals surface area contributed by atoms with Crippen molar-refractivity contribution in [2.75, 3.05) is 0 Å². The molecular weight excluding hydrogens is 250 g/mol. The van der Waals surface area contributed by atoms with Gasteiger partial charge in [0.2, 0.25) is 0 Å². The second-order valence-corrected chi connectivity index (χ2v) is 4.44. The number of halogens is 1. The number of hydrogen-bond donors (Lipinski definition) is 1. The summed E-state index contributed by atoms with van der Waals surface area (Å²) in [6.45, 7) is 0. The van der Waals surface area contributed by atoms with Crippen LogP contribution in [0.25, 0.3) is 21.8 Å². The number of aromatic carboxylic acids is 1. The van der Waals surface area contributed by atoms with Crippen molar-refractivity contribution in [1.82, 2.24) is 4.98 Å². The Morgan fingerprint density at radius 2 is 1.94 bits per heavy atom. The lowest BCUT2D eigenvalue weighted by Gasteiger charge is -2.04. The van der Waals surface area contributed by atoms with E-state index >= 15 is 0 Å². The third-order valence-corrected chi connectivity index (χ3v) is 3.07. The maximum atomic E-state index is 11.1. The number of aromatic nitrogens is 1. The van der Waals surface area contributed by atoms with Crippen molar-refractivity contribution >= 4 is 39.4 Å². The largest absolute Gasteiger partial charge is 0.478 e. The van der Waals surface area contributed by atoms with Crippen molar-refractivity contribution < 1.29 is 9.90 Å². The number of nitrogens with zero attached hydrogens (tertiary/aromatic N) is 1. The van der Waals surface area contributed by atoms with Crippen LogP contribution in [0.1, 0.15) is 10.4 Å². The number of carboxylic acids is 1. The molecule has 0 unspecified atom stereocenters. The van der Waals surface area contributed by atoms with Crippen LogP contribution in [0.2, 0.25) is 5.02 Å². The highest BCUT2D eigenvalue weighted by Crippen LogP contribution is 2.24. The highest BCUT2D eigenvalue weighted by Gasteiger charge is 2.10. The lowest BCUT2D eigenvalue weighted by atomic mass is 10.1. The van der Waals surface area contributed by atoms with Gasteiger partial charge in [0.15, 0.2) is 0 Å². The van der Waals surface area contributed by atoms with Crippen molar-refractivity contribution in [3.05, 3.63) is 53.1 Å². The first-order valence-electron chi connectivity index (χ1n) is 5.37. The van der Waals surface area contributed by atoms with E-state index in [9.17, 15) is 4.79 Å². The summed E-state index contributed by atoms with van der Waals surface area (Å²) < 4.78 is 0. The lowest BCUT2D eigenvalue weighted by molar-refractivity contribution is 0.0699. The number of para-hydroxylation sites is 1. The maximum Gasteiger partial charge on any atom is 0.337 e. The molecule has 1 N–H and O–H groups in total. The Bertz CT molecular complexity index is 783. The van der Waals surface area contributed by atoms with Gasteiger partial charge in [0, 0.05) is 15.8 Å². The van der Waals surface area contributed by atoms with Crippen LogP contribution in [0, 0.1) is 0 Å². The van der Waals surface area contributed by atoms with Crippen LogP contribution in [0.15, 0.2) is 42.5 Å². The maximum absolute atomic E-state index is 11.1. The number of benzene rings is 2. The number of carbonyl (C=O) groups is 1. The summed E-state index contributed by atoms with van der Waals surface area (Å²) in [4.78, 5) is 15.5. The van der Waals surface area contributed by atoms with Crippen molar-refractivity contribution in [3.8, 4) is 0 Å². The summed E-state index contributed by atoms with van der Waals surface area (Å²) in [6, 6.07) is 12.4. The van der Waals surface area contributed by atoms with Gasteiger partial charge >= 0.3 is 5.97 Å². The van der Waals surface area contributed by atoms with E-state index in [1.165, 1.54) is 0 Å². The number of carboxylic acid groups (broad SMARTS) is 1. The van der Waals surface area contributed by atoms with Crippen LogP contribution in [0.4, 0.5) is 0 Å². The van der Waals surface area contributed by atoms with E-state index in [-0.39, 0.29) is 5.56 Å². The molecule has 0 atom stereocenters. The van der Waals surface area contributed by atoms with Gasteiger partial charge in [-0.15, -0.1) is 0 Å². The summed E-state index contributed by atoms with van der Waals surface area (Å²) in [7, 11) is 0. The third kappa shape index (κ3) is 1.69. The molecule has 3 nitrogen and oxygen atoms in total. The molecule has 0 radical (unpaired) electrons. The summed E-state index contributed by atoms with van der Waals surface area (Å²) in [5.41, 5.74) is 1.45. The SMILES string of the molecule is O=C(O)c1cccc2cc3cc(Cl)ccc3nc12. The topological polar surface area (TPSA) is 50.2 Å². The molecule has 0 saturated heterocycles. The molecule has 0 aliphatic heterocycles. The molecule has 0 saturated carbocycles. The molecule has 1 aromatic heterocycles. The van der Waals surface area contributed by atoms with Crippen LogP contribution in [0.5, 0.6) is 0 Å². The highest BCUT2D eigenvalue weighted by molar-refractivity contribution is 6.31. The predicted octanol–water partition coefficient (Wildman–Crippen LogP) is 3.74. The Labute approximate surface area is 108 Å². The molecule has 88 valence electrons. The predicted molar refractivity (Wildman–Crippen MR) is 71.2 cm³/mol. The van der Waals surface area contributed by atoms with E-state index in [2.05, 4.69) is 4.98 Å². The summed E-state index contributed by atoms with van der Waals surface area (Å²) in [5, 5.41) is 11.5. The minimum atomic E-state index is -0.971. The Hall–Kier alpha value is -2.13. The molecule has 3 aromatic rings. The van der Waals surface area contributed by atoms with Gasteiger partial charge in [0.1, 0.15) is 0 Å². The van der Waals surface area contributed by atoms with Crippen LogP contribution in [-0.2, 0) is 0 Å². The fourth-order valence-electron chi connectivity index (χ4n) is 2.01. The number of hydrogen-bond acceptors (Lipinski definition) is 2. The smallest absolute Gasteiger partial charge is 0.337 e. The molecule has 2 aromatic carbocycles. The third-order valence-electron chi connectivity index (χ3n) is 2.83. The second-order valence-electron chi connectivity index (χ2n) is 4.01. The quantitative estimate of drug-likeness (QED) is 0.676. The molecule has 4 heteroatoms. The molecule has 0 spiro atoms. The first-order chi connectivity index (χ1) is 8.65. The number of rotatable bonds is 1. The fraction of sp³-hybridized carbons (Fsp3) is 0. The van der Waals surface area contributed by atoms with E-state index in [0.717, 1.165) is 16.3 Å². The fourth-order valence-corrected chi connectivity index (χ4v) is 2.19. The van der Waals surface area contributed by atoms with Gasteiger partial charge in [-0.1, -0.05) is 23.7 Å². The van der Waals surface area contributed by atoms with E-state index in [1.807, 2.05) is 18.2 Å². The first-order valence-corrected chi connectivity index (χ1v) is 5.75. The van der Waals surface area contributed by atoms with Gasteiger partial charge in [-0.2, -0.15) is 0 Å². The number of pyridine rings is 1.